The van der Waals surface area contributed by atoms with Crippen molar-refractivity contribution in [2.24, 2.45) is 0 Å². The van der Waals surface area contributed by atoms with Crippen LogP contribution in [0.1, 0.15) is 51.5 Å². The highest BCUT2D eigenvalue weighted by Crippen LogP contribution is 2.42. The van der Waals surface area contributed by atoms with Crippen molar-refractivity contribution in [2.75, 3.05) is 0 Å². The first-order valence-corrected chi connectivity index (χ1v) is 9.29. The molecule has 2 aromatic carbocycles. The van der Waals surface area contributed by atoms with Gasteiger partial charge in [-0.15, -0.1) is 0 Å². The zero-order valence-corrected chi connectivity index (χ0v) is 15.3. The van der Waals surface area contributed by atoms with Gasteiger partial charge >= 0.3 is 0 Å². The molecule has 2 aromatic rings. The van der Waals surface area contributed by atoms with Gasteiger partial charge in [-0.2, -0.15) is 0 Å². The van der Waals surface area contributed by atoms with Crippen LogP contribution in [0.15, 0.2) is 65.5 Å². The van der Waals surface area contributed by atoms with Crippen LogP contribution in [-0.2, 0) is 4.79 Å². The lowest BCUT2D eigenvalue weighted by atomic mass is 9.78. The molecule has 0 amide bonds. The van der Waals surface area contributed by atoms with Gasteiger partial charge in [-0.3, -0.25) is 4.79 Å². The number of rotatable bonds is 2. The van der Waals surface area contributed by atoms with Crippen LogP contribution < -0.4 is 0 Å². The van der Waals surface area contributed by atoms with Gasteiger partial charge in [0.15, 0.2) is 5.78 Å². The Bertz CT molecular complexity index is 903. The zero-order chi connectivity index (χ0) is 17.6. The number of ketones is 1. The molecule has 4 rings (SSSR count). The lowest BCUT2D eigenvalue weighted by Gasteiger charge is -2.41. The molecule has 2 heteroatoms. The molecule has 128 valence electrons. The molecule has 2 aliphatic rings. The van der Waals surface area contributed by atoms with E-state index in [9.17, 15) is 4.79 Å². The highest BCUT2D eigenvalue weighted by Gasteiger charge is 2.35. The predicted octanol–water partition coefficient (Wildman–Crippen LogP) is 5.56. The number of carbonyl (C=O) groups is 1. The molecule has 2 nitrogen and oxygen atoms in total. The zero-order valence-electron chi connectivity index (χ0n) is 15.3. The van der Waals surface area contributed by atoms with E-state index in [1.165, 1.54) is 27.7 Å². The van der Waals surface area contributed by atoms with Gasteiger partial charge in [0.25, 0.3) is 0 Å². The predicted molar refractivity (Wildman–Crippen MR) is 103 cm³/mol. The topological polar surface area (TPSA) is 20.3 Å². The molecule has 0 saturated heterocycles. The Labute approximate surface area is 149 Å². The summed E-state index contributed by atoms with van der Waals surface area (Å²) >= 11 is 0. The molecule has 0 radical (unpaired) electrons. The van der Waals surface area contributed by atoms with Crippen molar-refractivity contribution in [1.82, 2.24) is 4.90 Å². The van der Waals surface area contributed by atoms with Gasteiger partial charge in [-0.1, -0.05) is 48.5 Å². The van der Waals surface area contributed by atoms with E-state index < -0.39 is 0 Å². The Kier molecular flexibility index (Phi) is 3.99. The molecular weight excluding hydrogens is 306 g/mol. The van der Waals surface area contributed by atoms with Gasteiger partial charge in [-0.25, -0.2) is 0 Å². The van der Waals surface area contributed by atoms with E-state index in [2.05, 4.69) is 74.2 Å². The van der Waals surface area contributed by atoms with E-state index >= 15 is 0 Å². The summed E-state index contributed by atoms with van der Waals surface area (Å²) in [4.78, 5) is 15.2. The number of allylic oxidation sites excluding steroid dienone is 4. The fraction of sp³-hybridized carbons (Fsp3) is 0.348. The van der Waals surface area contributed by atoms with E-state index in [4.69, 9.17) is 0 Å². The van der Waals surface area contributed by atoms with Crippen molar-refractivity contribution in [1.29, 1.82) is 0 Å². The molecule has 0 bridgehead atoms. The number of benzene rings is 2. The third-order valence-corrected chi connectivity index (χ3v) is 5.47. The van der Waals surface area contributed by atoms with Gasteiger partial charge in [-0.05, 0) is 49.9 Å². The van der Waals surface area contributed by atoms with Gasteiger partial charge in [0.1, 0.15) is 0 Å². The fourth-order valence-electron chi connectivity index (χ4n) is 4.45. The molecule has 0 fully saturated rings. The summed E-state index contributed by atoms with van der Waals surface area (Å²) in [5.74, 6) is 0.413. The summed E-state index contributed by atoms with van der Waals surface area (Å²) in [6.45, 7) is 6.59. The van der Waals surface area contributed by atoms with Crippen LogP contribution in [0, 0.1) is 0 Å². The Morgan fingerprint density at radius 3 is 2.56 bits per heavy atom. The maximum Gasteiger partial charge on any atom is 0.161 e. The summed E-state index contributed by atoms with van der Waals surface area (Å²) in [6.07, 6.45) is 4.95. The summed E-state index contributed by atoms with van der Waals surface area (Å²) in [6, 6.07) is 15.4. The molecule has 1 heterocycles. The smallest absolute Gasteiger partial charge is 0.161 e. The molecule has 1 unspecified atom stereocenters. The van der Waals surface area contributed by atoms with Gasteiger partial charge < -0.3 is 4.90 Å². The third-order valence-electron chi connectivity index (χ3n) is 5.47. The lowest BCUT2D eigenvalue weighted by molar-refractivity contribution is -0.116. The molecule has 1 aliphatic heterocycles. The summed E-state index contributed by atoms with van der Waals surface area (Å²) < 4.78 is 0. The average Bonchev–Trinajstić information content (AvgIpc) is 2.60. The molecule has 0 saturated carbocycles. The number of carbonyl (C=O) groups excluding carboxylic acids is 1. The Morgan fingerprint density at radius 2 is 1.80 bits per heavy atom. The molecule has 0 aromatic heterocycles. The first-order valence-electron chi connectivity index (χ1n) is 9.29. The second-order valence-electron chi connectivity index (χ2n) is 7.49. The Hall–Kier alpha value is -2.35. The second-order valence-corrected chi connectivity index (χ2v) is 7.49. The van der Waals surface area contributed by atoms with Crippen molar-refractivity contribution in [3.63, 3.8) is 0 Å². The monoisotopic (exact) mass is 331 g/mol. The quantitative estimate of drug-likeness (QED) is 0.718. The second kappa shape index (κ2) is 6.18. The normalized spacial score (nSPS) is 21.0. The van der Waals surface area contributed by atoms with E-state index in [1.54, 1.807) is 0 Å². The molecule has 0 N–H and O–H groups in total. The Balaban J connectivity index is 1.87. The van der Waals surface area contributed by atoms with Gasteiger partial charge in [0.2, 0.25) is 0 Å². The minimum atomic E-state index is 0.0856. The summed E-state index contributed by atoms with van der Waals surface area (Å²) in [7, 11) is 0. The minimum Gasteiger partial charge on any atom is -0.346 e. The SMILES string of the molecule is CC1=CC(c2ccc3ccccc3c2)C2=C(CCCC2=O)N1C(C)C. The van der Waals surface area contributed by atoms with E-state index in [-0.39, 0.29) is 5.92 Å². The van der Waals surface area contributed by atoms with Crippen molar-refractivity contribution in [3.8, 4) is 0 Å². The van der Waals surface area contributed by atoms with E-state index in [0.29, 0.717) is 18.2 Å². The highest BCUT2D eigenvalue weighted by atomic mass is 16.1. The fourth-order valence-corrected chi connectivity index (χ4v) is 4.45. The number of hydrogen-bond donors (Lipinski definition) is 0. The van der Waals surface area contributed by atoms with Gasteiger partial charge in [0, 0.05) is 35.3 Å². The van der Waals surface area contributed by atoms with Crippen LogP contribution in [0.5, 0.6) is 0 Å². The number of hydrogen-bond acceptors (Lipinski definition) is 2. The summed E-state index contributed by atoms with van der Waals surface area (Å²) in [5, 5.41) is 2.48. The van der Waals surface area contributed by atoms with Crippen molar-refractivity contribution in [3.05, 3.63) is 71.1 Å². The lowest BCUT2D eigenvalue weighted by Crippen LogP contribution is -2.36. The average molecular weight is 331 g/mol. The molecule has 1 atom stereocenters. The maximum absolute atomic E-state index is 12.8. The molecule has 1 aliphatic carbocycles. The number of nitrogens with zero attached hydrogens (tertiary/aromatic N) is 1. The summed E-state index contributed by atoms with van der Waals surface area (Å²) in [5.41, 5.74) is 4.77. The van der Waals surface area contributed by atoms with Crippen molar-refractivity contribution >= 4 is 16.6 Å². The van der Waals surface area contributed by atoms with Gasteiger partial charge in [0.05, 0.1) is 0 Å². The van der Waals surface area contributed by atoms with Crippen LogP contribution in [-0.4, -0.2) is 16.7 Å². The number of fused-ring (bicyclic) bond motifs is 1. The molecule has 25 heavy (non-hydrogen) atoms. The molecule has 0 spiro atoms. The standard InChI is InChI=1S/C23H25NO/c1-15(2)24-16(3)13-20(23-21(24)9-6-10-22(23)25)19-12-11-17-7-4-5-8-18(17)14-19/h4-5,7-8,11-15,20H,6,9-10H2,1-3H3. The van der Waals surface area contributed by atoms with Crippen molar-refractivity contribution in [2.45, 2.75) is 52.0 Å². The number of Topliss-reactive ketones (excluding diaryl/α,β-unsaturated/α-hetero) is 1. The van der Waals surface area contributed by atoms with Crippen LogP contribution in [0.4, 0.5) is 0 Å². The van der Waals surface area contributed by atoms with Crippen molar-refractivity contribution < 1.29 is 4.79 Å². The van der Waals surface area contributed by atoms with Crippen LogP contribution in [0.25, 0.3) is 10.8 Å². The maximum atomic E-state index is 12.8. The van der Waals surface area contributed by atoms with E-state index in [1.807, 2.05) is 0 Å². The van der Waals surface area contributed by atoms with Crippen LogP contribution >= 0.6 is 0 Å². The third kappa shape index (κ3) is 2.70. The van der Waals surface area contributed by atoms with E-state index in [0.717, 1.165) is 18.4 Å². The Morgan fingerprint density at radius 1 is 1.04 bits per heavy atom. The van der Waals surface area contributed by atoms with Crippen LogP contribution in [0.3, 0.4) is 0 Å². The molecular formula is C23H25NO. The first-order chi connectivity index (χ1) is 12.1. The minimum absolute atomic E-state index is 0.0856. The van der Waals surface area contributed by atoms with Crippen LogP contribution in [0.2, 0.25) is 0 Å². The largest absolute Gasteiger partial charge is 0.346 e. The first kappa shape index (κ1) is 16.1. The highest BCUT2D eigenvalue weighted by molar-refractivity contribution is 5.99.